The molecule has 0 saturated heterocycles. The van der Waals surface area contributed by atoms with E-state index in [0.29, 0.717) is 6.04 Å². The van der Waals surface area contributed by atoms with E-state index in [9.17, 15) is 5.11 Å². The van der Waals surface area contributed by atoms with Crippen LogP contribution in [0.25, 0.3) is 0 Å². The van der Waals surface area contributed by atoms with Crippen molar-refractivity contribution >= 4 is 0 Å². The van der Waals surface area contributed by atoms with Crippen LogP contribution in [-0.4, -0.2) is 35.2 Å². The summed E-state index contributed by atoms with van der Waals surface area (Å²) in [5, 5.41) is 10.2. The molecule has 1 aliphatic rings. The third-order valence-electron chi connectivity index (χ3n) is 4.44. The Morgan fingerprint density at radius 3 is 2.47 bits per heavy atom. The predicted molar refractivity (Wildman–Crippen MR) is 74.1 cm³/mol. The Morgan fingerprint density at radius 2 is 1.94 bits per heavy atom. The van der Waals surface area contributed by atoms with Crippen LogP contribution in [0.5, 0.6) is 0 Å². The van der Waals surface area contributed by atoms with Gasteiger partial charge in [-0.1, -0.05) is 34.1 Å². The molecule has 2 nitrogen and oxygen atoms in total. The SMILES string of the molecule is CCCCN(CC)C1CC(C(C)C)CCC1O. The van der Waals surface area contributed by atoms with Gasteiger partial charge in [0.05, 0.1) is 6.10 Å². The van der Waals surface area contributed by atoms with Gasteiger partial charge in [0.25, 0.3) is 0 Å². The fourth-order valence-corrected chi connectivity index (χ4v) is 3.08. The Morgan fingerprint density at radius 1 is 1.24 bits per heavy atom. The summed E-state index contributed by atoms with van der Waals surface area (Å²) in [4.78, 5) is 2.50. The minimum absolute atomic E-state index is 0.0955. The van der Waals surface area contributed by atoms with E-state index in [2.05, 4.69) is 32.6 Å². The molecule has 3 atom stereocenters. The molecular weight excluding hydrogens is 210 g/mol. The number of hydrogen-bond donors (Lipinski definition) is 1. The first kappa shape index (κ1) is 15.0. The number of aliphatic hydroxyl groups excluding tert-OH is 1. The van der Waals surface area contributed by atoms with Gasteiger partial charge in [-0.3, -0.25) is 4.90 Å². The molecule has 0 radical (unpaired) electrons. The topological polar surface area (TPSA) is 23.5 Å². The Balaban J connectivity index is 2.57. The molecule has 0 aromatic rings. The lowest BCUT2D eigenvalue weighted by molar-refractivity contribution is -0.00297. The Hall–Kier alpha value is -0.0800. The van der Waals surface area contributed by atoms with Gasteiger partial charge in [-0.15, -0.1) is 0 Å². The Labute approximate surface area is 107 Å². The van der Waals surface area contributed by atoms with Gasteiger partial charge in [0.15, 0.2) is 0 Å². The first-order valence-corrected chi connectivity index (χ1v) is 7.52. The highest BCUT2D eigenvalue weighted by atomic mass is 16.3. The zero-order chi connectivity index (χ0) is 12.8. The van der Waals surface area contributed by atoms with Crippen LogP contribution in [0.4, 0.5) is 0 Å². The van der Waals surface area contributed by atoms with Crippen molar-refractivity contribution in [1.29, 1.82) is 0 Å². The quantitative estimate of drug-likeness (QED) is 0.771. The summed E-state index contributed by atoms with van der Waals surface area (Å²) in [6.07, 6.45) is 5.80. The second-order valence-electron chi connectivity index (χ2n) is 5.93. The smallest absolute Gasteiger partial charge is 0.0695 e. The molecule has 3 unspecified atom stereocenters. The van der Waals surface area contributed by atoms with Crippen LogP contribution in [0, 0.1) is 11.8 Å². The summed E-state index contributed by atoms with van der Waals surface area (Å²) in [7, 11) is 0. The van der Waals surface area contributed by atoms with E-state index in [0.717, 1.165) is 31.3 Å². The molecule has 0 aromatic heterocycles. The van der Waals surface area contributed by atoms with Crippen molar-refractivity contribution in [2.75, 3.05) is 13.1 Å². The number of rotatable bonds is 6. The maximum atomic E-state index is 10.2. The van der Waals surface area contributed by atoms with Crippen LogP contribution in [0.1, 0.15) is 59.8 Å². The molecule has 0 aliphatic heterocycles. The lowest BCUT2D eigenvalue weighted by atomic mass is 9.77. The lowest BCUT2D eigenvalue weighted by Crippen LogP contribution is -2.48. The molecule has 102 valence electrons. The van der Waals surface area contributed by atoms with Gasteiger partial charge in [-0.2, -0.15) is 0 Å². The first-order valence-electron chi connectivity index (χ1n) is 7.52. The van der Waals surface area contributed by atoms with E-state index in [1.807, 2.05) is 0 Å². The van der Waals surface area contributed by atoms with Crippen molar-refractivity contribution in [2.24, 2.45) is 11.8 Å². The molecule has 1 N–H and O–H groups in total. The molecule has 0 amide bonds. The summed E-state index contributed by atoms with van der Waals surface area (Å²) >= 11 is 0. The summed E-state index contributed by atoms with van der Waals surface area (Å²) in [5.74, 6) is 1.56. The normalized spacial score (nSPS) is 30.2. The maximum absolute atomic E-state index is 10.2. The van der Waals surface area contributed by atoms with Gasteiger partial charge < -0.3 is 5.11 Å². The molecular formula is C15H31NO. The van der Waals surface area contributed by atoms with E-state index < -0.39 is 0 Å². The first-order chi connectivity index (χ1) is 8.10. The van der Waals surface area contributed by atoms with Crippen LogP contribution in [0.15, 0.2) is 0 Å². The fourth-order valence-electron chi connectivity index (χ4n) is 3.08. The molecule has 0 heterocycles. The number of nitrogens with zero attached hydrogens (tertiary/aromatic N) is 1. The molecule has 0 aromatic carbocycles. The standard InChI is InChI=1S/C15H31NO/c1-5-7-10-16(6-2)14-11-13(12(3)4)8-9-15(14)17/h12-15,17H,5-11H2,1-4H3. The molecule has 1 saturated carbocycles. The molecule has 2 heteroatoms. The van der Waals surface area contributed by atoms with Gasteiger partial charge in [0.1, 0.15) is 0 Å². The monoisotopic (exact) mass is 241 g/mol. The van der Waals surface area contributed by atoms with Gasteiger partial charge in [0, 0.05) is 6.04 Å². The summed E-state index contributed by atoms with van der Waals surface area (Å²) in [5.41, 5.74) is 0. The Kier molecular flexibility index (Phi) is 6.50. The van der Waals surface area contributed by atoms with Gasteiger partial charge >= 0.3 is 0 Å². The van der Waals surface area contributed by atoms with Crippen molar-refractivity contribution in [3.05, 3.63) is 0 Å². The highest BCUT2D eigenvalue weighted by Gasteiger charge is 2.33. The largest absolute Gasteiger partial charge is 0.391 e. The third kappa shape index (κ3) is 4.26. The van der Waals surface area contributed by atoms with Crippen molar-refractivity contribution < 1.29 is 5.11 Å². The minimum atomic E-state index is -0.0955. The fraction of sp³-hybridized carbons (Fsp3) is 1.00. The number of unbranched alkanes of at least 4 members (excludes halogenated alkanes) is 1. The van der Waals surface area contributed by atoms with Crippen molar-refractivity contribution in [1.82, 2.24) is 4.90 Å². The minimum Gasteiger partial charge on any atom is -0.391 e. The van der Waals surface area contributed by atoms with Crippen LogP contribution in [0.3, 0.4) is 0 Å². The highest BCUT2D eigenvalue weighted by Crippen LogP contribution is 2.32. The van der Waals surface area contributed by atoms with Crippen LogP contribution in [-0.2, 0) is 0 Å². The van der Waals surface area contributed by atoms with Crippen molar-refractivity contribution in [3.63, 3.8) is 0 Å². The number of aliphatic hydroxyl groups is 1. The van der Waals surface area contributed by atoms with Crippen LogP contribution in [0.2, 0.25) is 0 Å². The van der Waals surface area contributed by atoms with Crippen molar-refractivity contribution in [3.8, 4) is 0 Å². The van der Waals surface area contributed by atoms with E-state index in [4.69, 9.17) is 0 Å². The third-order valence-corrected chi connectivity index (χ3v) is 4.44. The van der Waals surface area contributed by atoms with E-state index >= 15 is 0 Å². The molecule has 17 heavy (non-hydrogen) atoms. The predicted octanol–water partition coefficient (Wildman–Crippen LogP) is 3.29. The lowest BCUT2D eigenvalue weighted by Gasteiger charge is -2.41. The van der Waals surface area contributed by atoms with Crippen molar-refractivity contribution in [2.45, 2.75) is 71.9 Å². The zero-order valence-electron chi connectivity index (χ0n) is 12.2. The van der Waals surface area contributed by atoms with E-state index in [1.165, 1.54) is 25.7 Å². The van der Waals surface area contributed by atoms with Gasteiger partial charge in [-0.05, 0) is 50.6 Å². The maximum Gasteiger partial charge on any atom is 0.0695 e. The summed E-state index contributed by atoms with van der Waals surface area (Å²) < 4.78 is 0. The summed E-state index contributed by atoms with van der Waals surface area (Å²) in [6, 6.07) is 0.410. The summed E-state index contributed by atoms with van der Waals surface area (Å²) in [6.45, 7) is 11.3. The zero-order valence-corrected chi connectivity index (χ0v) is 12.2. The average Bonchev–Trinajstić information content (AvgIpc) is 2.31. The molecule has 1 rings (SSSR count). The van der Waals surface area contributed by atoms with Gasteiger partial charge in [0.2, 0.25) is 0 Å². The number of hydrogen-bond acceptors (Lipinski definition) is 2. The average molecular weight is 241 g/mol. The van der Waals surface area contributed by atoms with Crippen LogP contribution < -0.4 is 0 Å². The molecule has 0 spiro atoms. The second-order valence-corrected chi connectivity index (χ2v) is 5.93. The van der Waals surface area contributed by atoms with E-state index in [1.54, 1.807) is 0 Å². The number of likely N-dealkylation sites (N-methyl/N-ethyl adjacent to an activating group) is 1. The van der Waals surface area contributed by atoms with E-state index in [-0.39, 0.29) is 6.10 Å². The Bertz CT molecular complexity index is 205. The molecule has 1 fully saturated rings. The van der Waals surface area contributed by atoms with Gasteiger partial charge in [-0.25, -0.2) is 0 Å². The molecule has 0 bridgehead atoms. The van der Waals surface area contributed by atoms with Crippen LogP contribution >= 0.6 is 0 Å². The molecule has 1 aliphatic carbocycles. The second kappa shape index (κ2) is 7.38. The highest BCUT2D eigenvalue weighted by molar-refractivity contribution is 4.87.